The van der Waals surface area contributed by atoms with Gasteiger partial charge >= 0.3 is 0 Å². The Balaban J connectivity index is 1.35. The van der Waals surface area contributed by atoms with Gasteiger partial charge in [0.15, 0.2) is 0 Å². The number of halogens is 1. The molecule has 0 saturated carbocycles. The van der Waals surface area contributed by atoms with E-state index in [1.165, 1.54) is 24.1 Å². The van der Waals surface area contributed by atoms with Crippen LogP contribution in [0.15, 0.2) is 143 Å². The second-order valence-electron chi connectivity index (χ2n) is 9.28. The molecular weight excluding hydrogens is 582 g/mol. The summed E-state index contributed by atoms with van der Waals surface area (Å²) in [7, 11) is 0. The fourth-order valence-electron chi connectivity index (χ4n) is 4.11. The normalized spacial score (nSPS) is 11.8. The number of nitrogens with one attached hydrogen (secondary N) is 3. The van der Waals surface area contributed by atoms with Crippen molar-refractivity contribution >= 4 is 58.5 Å². The number of thioether (sulfide) groups is 1. The van der Waals surface area contributed by atoms with Gasteiger partial charge in [-0.1, -0.05) is 72.3 Å². The predicted octanol–water partition coefficient (Wildman–Crippen LogP) is 7.81. The molecule has 1 heterocycles. The number of benzene rings is 4. The third-order valence-electron chi connectivity index (χ3n) is 6.14. The lowest BCUT2D eigenvalue weighted by Crippen LogP contribution is -2.30. The summed E-state index contributed by atoms with van der Waals surface area (Å²) in [5.41, 5.74) is 2.30. The molecule has 3 N–H and O–H groups in total. The lowest BCUT2D eigenvalue weighted by atomic mass is 10.1. The first kappa shape index (κ1) is 29.4. The minimum absolute atomic E-state index is 0.00456. The number of anilines is 2. The van der Waals surface area contributed by atoms with Crippen LogP contribution in [0.2, 0.25) is 5.02 Å². The Hall–Kier alpha value is -5.05. The van der Waals surface area contributed by atoms with Crippen molar-refractivity contribution in [3.63, 3.8) is 0 Å². The van der Waals surface area contributed by atoms with Crippen LogP contribution in [0, 0.1) is 0 Å². The maximum absolute atomic E-state index is 13.5. The summed E-state index contributed by atoms with van der Waals surface area (Å²) in [5.74, 6) is -0.796. The average Bonchev–Trinajstić information content (AvgIpc) is 3.54. The summed E-state index contributed by atoms with van der Waals surface area (Å²) in [5, 5.41) is 8.40. The second-order valence-corrected chi connectivity index (χ2v) is 10.9. The molecule has 0 fully saturated rings. The summed E-state index contributed by atoms with van der Waals surface area (Å²) < 4.78 is 5.37. The van der Waals surface area contributed by atoms with Gasteiger partial charge in [-0.15, -0.1) is 11.8 Å². The molecule has 7 nitrogen and oxygen atoms in total. The van der Waals surface area contributed by atoms with E-state index in [9.17, 15) is 14.4 Å². The minimum atomic E-state index is -0.592. The SMILES string of the molecule is O=C(Nc1cccc(SC(C(=O)Nc2cccc(Cl)c2)c2ccccc2)c1)/C(=C/c1ccco1)NC(=O)c1ccccc1. The van der Waals surface area contributed by atoms with Gasteiger partial charge in [0.25, 0.3) is 11.8 Å². The smallest absolute Gasteiger partial charge is 0.272 e. The quantitative estimate of drug-likeness (QED) is 0.111. The van der Waals surface area contributed by atoms with Crippen LogP contribution in [0.5, 0.6) is 0 Å². The molecule has 0 spiro atoms. The first-order chi connectivity index (χ1) is 20.9. The number of rotatable bonds is 10. The van der Waals surface area contributed by atoms with Crippen LogP contribution < -0.4 is 16.0 Å². The topological polar surface area (TPSA) is 100 Å². The van der Waals surface area contributed by atoms with Gasteiger partial charge in [-0.2, -0.15) is 0 Å². The number of hydrogen-bond donors (Lipinski definition) is 3. The molecular formula is C34H26ClN3O4S. The van der Waals surface area contributed by atoms with Crippen LogP contribution in [0.25, 0.3) is 6.08 Å². The van der Waals surface area contributed by atoms with Crippen LogP contribution >= 0.6 is 23.4 Å². The van der Waals surface area contributed by atoms with E-state index >= 15 is 0 Å². The fraction of sp³-hybridized carbons (Fsp3) is 0.0294. The monoisotopic (exact) mass is 607 g/mol. The third-order valence-corrected chi connectivity index (χ3v) is 7.62. The van der Waals surface area contributed by atoms with E-state index < -0.39 is 17.1 Å². The van der Waals surface area contributed by atoms with E-state index in [1.54, 1.807) is 84.9 Å². The molecule has 4 aromatic carbocycles. The van der Waals surface area contributed by atoms with Crippen molar-refractivity contribution in [1.29, 1.82) is 0 Å². The van der Waals surface area contributed by atoms with Gasteiger partial charge in [0.1, 0.15) is 16.7 Å². The Morgan fingerprint density at radius 2 is 1.44 bits per heavy atom. The van der Waals surface area contributed by atoms with Crippen LogP contribution in [0.1, 0.15) is 26.9 Å². The molecule has 5 rings (SSSR count). The molecule has 43 heavy (non-hydrogen) atoms. The van der Waals surface area contributed by atoms with Crippen LogP contribution in [0.3, 0.4) is 0 Å². The summed E-state index contributed by atoms with van der Waals surface area (Å²) in [6.07, 6.45) is 2.94. The van der Waals surface area contributed by atoms with Gasteiger partial charge < -0.3 is 20.4 Å². The number of amides is 3. The highest BCUT2D eigenvalue weighted by Crippen LogP contribution is 2.37. The van der Waals surface area contributed by atoms with Crippen molar-refractivity contribution in [2.45, 2.75) is 10.1 Å². The van der Waals surface area contributed by atoms with E-state index in [2.05, 4.69) is 16.0 Å². The molecule has 214 valence electrons. The van der Waals surface area contributed by atoms with Crippen LogP contribution in [-0.4, -0.2) is 17.7 Å². The van der Waals surface area contributed by atoms with Gasteiger partial charge in [0.2, 0.25) is 5.91 Å². The Morgan fingerprint density at radius 3 is 2.14 bits per heavy atom. The summed E-state index contributed by atoms with van der Waals surface area (Å²) >= 11 is 7.45. The van der Waals surface area contributed by atoms with E-state index in [0.717, 1.165) is 10.5 Å². The molecule has 1 unspecified atom stereocenters. The second kappa shape index (κ2) is 14.2. The standard InChI is InChI=1S/C34H26ClN3O4S/c35-25-14-7-15-26(20-25)37-34(41)31(23-10-3-1-4-11-23)43-29-18-8-16-27(21-29)36-33(40)30(22-28-17-9-19-42-28)38-32(39)24-12-5-2-6-13-24/h1-22,31H,(H,36,40)(H,37,41)(H,38,39)/b30-22-. The average molecular weight is 608 g/mol. The molecule has 0 bridgehead atoms. The van der Waals surface area contributed by atoms with Crippen LogP contribution in [-0.2, 0) is 9.59 Å². The molecule has 0 aliphatic heterocycles. The highest BCUT2D eigenvalue weighted by atomic mass is 35.5. The maximum Gasteiger partial charge on any atom is 0.272 e. The first-order valence-electron chi connectivity index (χ1n) is 13.3. The maximum atomic E-state index is 13.5. The number of carbonyl (C=O) groups is 3. The summed E-state index contributed by atoms with van der Waals surface area (Å²) in [4.78, 5) is 40.4. The number of carbonyl (C=O) groups excluding carboxylic acids is 3. The zero-order valence-corrected chi connectivity index (χ0v) is 24.3. The molecule has 1 aromatic heterocycles. The largest absolute Gasteiger partial charge is 0.465 e. The van der Waals surface area contributed by atoms with E-state index in [0.29, 0.717) is 27.7 Å². The number of hydrogen-bond acceptors (Lipinski definition) is 5. The highest BCUT2D eigenvalue weighted by molar-refractivity contribution is 8.00. The van der Waals surface area contributed by atoms with Crippen molar-refractivity contribution in [2.75, 3.05) is 10.6 Å². The Kier molecular flexibility index (Phi) is 9.74. The fourth-order valence-corrected chi connectivity index (χ4v) is 5.39. The molecule has 9 heteroatoms. The first-order valence-corrected chi connectivity index (χ1v) is 14.5. The van der Waals surface area contributed by atoms with Crippen LogP contribution in [0.4, 0.5) is 11.4 Å². The lowest BCUT2D eigenvalue weighted by molar-refractivity contribution is -0.116. The highest BCUT2D eigenvalue weighted by Gasteiger charge is 2.23. The third kappa shape index (κ3) is 8.25. The summed E-state index contributed by atoms with van der Waals surface area (Å²) in [6, 6.07) is 35.5. The van der Waals surface area contributed by atoms with Crippen molar-refractivity contribution in [3.05, 3.63) is 155 Å². The minimum Gasteiger partial charge on any atom is -0.465 e. The zero-order valence-electron chi connectivity index (χ0n) is 22.7. The van der Waals surface area contributed by atoms with Crippen molar-refractivity contribution in [2.24, 2.45) is 0 Å². The Labute approximate surface area is 258 Å². The molecule has 0 radical (unpaired) electrons. The number of furan rings is 1. The van der Waals surface area contributed by atoms with Crippen molar-refractivity contribution in [3.8, 4) is 0 Å². The molecule has 0 aliphatic carbocycles. The Morgan fingerprint density at radius 1 is 0.744 bits per heavy atom. The molecule has 3 amide bonds. The van der Waals surface area contributed by atoms with Gasteiger partial charge in [-0.25, -0.2) is 0 Å². The molecule has 0 saturated heterocycles. The molecule has 5 aromatic rings. The van der Waals surface area contributed by atoms with E-state index in [4.69, 9.17) is 16.0 Å². The van der Waals surface area contributed by atoms with E-state index in [1.807, 2.05) is 36.4 Å². The van der Waals surface area contributed by atoms with Gasteiger partial charge in [0, 0.05) is 32.9 Å². The van der Waals surface area contributed by atoms with E-state index in [-0.39, 0.29) is 11.6 Å². The van der Waals surface area contributed by atoms with Gasteiger partial charge in [0.05, 0.1) is 6.26 Å². The zero-order chi connectivity index (χ0) is 30.0. The molecule has 0 aliphatic rings. The van der Waals surface area contributed by atoms with Gasteiger partial charge in [-0.05, 0) is 66.2 Å². The Bertz CT molecular complexity index is 1740. The lowest BCUT2D eigenvalue weighted by Gasteiger charge is -2.18. The van der Waals surface area contributed by atoms with Crippen molar-refractivity contribution < 1.29 is 18.8 Å². The summed E-state index contributed by atoms with van der Waals surface area (Å²) in [6.45, 7) is 0. The van der Waals surface area contributed by atoms with Gasteiger partial charge in [-0.3, -0.25) is 14.4 Å². The molecule has 1 atom stereocenters. The predicted molar refractivity (Wildman–Crippen MR) is 171 cm³/mol. The van der Waals surface area contributed by atoms with Crippen molar-refractivity contribution in [1.82, 2.24) is 5.32 Å².